The quantitative estimate of drug-likeness (QED) is 0.795. The first-order chi connectivity index (χ1) is 6.50. The van der Waals surface area contributed by atoms with Gasteiger partial charge in [-0.2, -0.15) is 0 Å². The van der Waals surface area contributed by atoms with Crippen molar-refractivity contribution < 1.29 is 8.78 Å². The van der Waals surface area contributed by atoms with Crippen molar-refractivity contribution in [3.05, 3.63) is 35.4 Å². The molecule has 0 aromatic heterocycles. The van der Waals surface area contributed by atoms with E-state index in [1.165, 1.54) is 6.07 Å². The largest absolute Gasteiger partial charge is 0.327 e. The Hall–Kier alpha value is -0.960. The molecule has 1 nitrogen and oxygen atoms in total. The molecule has 0 saturated carbocycles. The fraction of sp³-hybridized carbons (Fsp3) is 0.455. The molecule has 0 aliphatic rings. The number of benzene rings is 1. The van der Waals surface area contributed by atoms with E-state index in [1.807, 2.05) is 13.8 Å². The van der Waals surface area contributed by atoms with Crippen molar-refractivity contribution in [2.45, 2.75) is 26.3 Å². The highest BCUT2D eigenvalue weighted by atomic mass is 19.2. The second kappa shape index (κ2) is 4.51. The average molecular weight is 199 g/mol. The summed E-state index contributed by atoms with van der Waals surface area (Å²) in [5.74, 6) is -1.28. The van der Waals surface area contributed by atoms with Crippen LogP contribution in [0.15, 0.2) is 18.2 Å². The zero-order valence-electron chi connectivity index (χ0n) is 8.43. The predicted octanol–water partition coefficient (Wildman–Crippen LogP) is 2.49. The molecular formula is C11H15F2N. The van der Waals surface area contributed by atoms with Crippen LogP contribution in [-0.4, -0.2) is 6.04 Å². The van der Waals surface area contributed by atoms with E-state index in [4.69, 9.17) is 5.73 Å². The topological polar surface area (TPSA) is 26.0 Å². The van der Waals surface area contributed by atoms with Crippen LogP contribution in [0.2, 0.25) is 0 Å². The zero-order chi connectivity index (χ0) is 10.7. The maximum absolute atomic E-state index is 12.8. The summed E-state index contributed by atoms with van der Waals surface area (Å²) in [6.07, 6.45) is 0.578. The minimum absolute atomic E-state index is 0.0140. The SMILES string of the molecule is CC(C)C(N)Cc1ccc(F)c(F)c1. The Morgan fingerprint density at radius 2 is 1.86 bits per heavy atom. The van der Waals surface area contributed by atoms with Crippen molar-refractivity contribution in [1.29, 1.82) is 0 Å². The molecule has 1 aromatic carbocycles. The molecule has 0 aliphatic heterocycles. The van der Waals surface area contributed by atoms with Crippen molar-refractivity contribution in [2.75, 3.05) is 0 Å². The second-order valence-corrected chi connectivity index (χ2v) is 3.86. The Balaban J connectivity index is 2.73. The summed E-state index contributed by atoms with van der Waals surface area (Å²) in [7, 11) is 0. The number of rotatable bonds is 3. The Bertz CT molecular complexity index is 310. The number of nitrogens with two attached hydrogens (primary N) is 1. The van der Waals surface area contributed by atoms with Crippen LogP contribution in [0, 0.1) is 17.6 Å². The molecule has 0 fully saturated rings. The summed E-state index contributed by atoms with van der Waals surface area (Å²) in [6.45, 7) is 4.01. The minimum atomic E-state index is -0.813. The normalized spacial score (nSPS) is 13.3. The zero-order valence-corrected chi connectivity index (χ0v) is 8.43. The van der Waals surface area contributed by atoms with Gasteiger partial charge in [0.05, 0.1) is 0 Å². The Labute approximate surface area is 82.9 Å². The van der Waals surface area contributed by atoms with Gasteiger partial charge in [-0.05, 0) is 30.0 Å². The smallest absolute Gasteiger partial charge is 0.159 e. The molecule has 0 spiro atoms. The minimum Gasteiger partial charge on any atom is -0.327 e. The average Bonchev–Trinajstić information content (AvgIpc) is 2.11. The van der Waals surface area contributed by atoms with Crippen molar-refractivity contribution in [2.24, 2.45) is 11.7 Å². The summed E-state index contributed by atoms with van der Waals surface area (Å²) in [5, 5.41) is 0. The van der Waals surface area contributed by atoms with Gasteiger partial charge in [-0.3, -0.25) is 0 Å². The maximum atomic E-state index is 12.8. The highest BCUT2D eigenvalue weighted by Crippen LogP contribution is 2.12. The Morgan fingerprint density at radius 1 is 1.21 bits per heavy atom. The van der Waals surface area contributed by atoms with E-state index in [0.29, 0.717) is 12.3 Å². The highest BCUT2D eigenvalue weighted by molar-refractivity contribution is 5.18. The Morgan fingerprint density at radius 3 is 2.36 bits per heavy atom. The molecule has 1 atom stereocenters. The summed E-state index contributed by atoms with van der Waals surface area (Å²) in [6, 6.07) is 3.90. The Kier molecular flexibility index (Phi) is 3.58. The fourth-order valence-corrected chi connectivity index (χ4v) is 1.17. The van der Waals surface area contributed by atoms with Crippen LogP contribution >= 0.6 is 0 Å². The van der Waals surface area contributed by atoms with Crippen molar-refractivity contribution >= 4 is 0 Å². The van der Waals surface area contributed by atoms with Crippen LogP contribution in [0.4, 0.5) is 8.78 Å². The van der Waals surface area contributed by atoms with Crippen LogP contribution in [0.5, 0.6) is 0 Å². The molecule has 0 amide bonds. The van der Waals surface area contributed by atoms with E-state index in [9.17, 15) is 8.78 Å². The van der Waals surface area contributed by atoms with Crippen LogP contribution in [0.25, 0.3) is 0 Å². The third-order valence-electron chi connectivity index (χ3n) is 2.31. The van der Waals surface area contributed by atoms with Gasteiger partial charge in [0.1, 0.15) is 0 Å². The molecule has 2 N–H and O–H groups in total. The van der Waals surface area contributed by atoms with Gasteiger partial charge in [0.25, 0.3) is 0 Å². The maximum Gasteiger partial charge on any atom is 0.159 e. The molecule has 14 heavy (non-hydrogen) atoms. The first-order valence-electron chi connectivity index (χ1n) is 4.70. The van der Waals surface area contributed by atoms with Crippen LogP contribution in [-0.2, 0) is 6.42 Å². The molecule has 1 aromatic rings. The van der Waals surface area contributed by atoms with Crippen molar-refractivity contribution in [1.82, 2.24) is 0 Å². The van der Waals surface area contributed by atoms with E-state index < -0.39 is 11.6 Å². The van der Waals surface area contributed by atoms with Crippen LogP contribution in [0.1, 0.15) is 19.4 Å². The lowest BCUT2D eigenvalue weighted by Gasteiger charge is -2.15. The monoisotopic (exact) mass is 199 g/mol. The molecule has 0 radical (unpaired) electrons. The molecule has 78 valence electrons. The van der Waals surface area contributed by atoms with Gasteiger partial charge in [-0.25, -0.2) is 8.78 Å². The van der Waals surface area contributed by atoms with Crippen LogP contribution in [0.3, 0.4) is 0 Å². The third kappa shape index (κ3) is 2.77. The second-order valence-electron chi connectivity index (χ2n) is 3.86. The van der Waals surface area contributed by atoms with E-state index in [0.717, 1.165) is 11.6 Å². The van der Waals surface area contributed by atoms with Crippen LogP contribution < -0.4 is 5.73 Å². The molecule has 0 bridgehead atoms. The summed E-state index contributed by atoms with van der Waals surface area (Å²) in [5.41, 5.74) is 6.56. The number of hydrogen-bond donors (Lipinski definition) is 1. The summed E-state index contributed by atoms with van der Waals surface area (Å²) in [4.78, 5) is 0. The molecule has 0 aliphatic carbocycles. The van der Waals surface area contributed by atoms with Gasteiger partial charge in [0, 0.05) is 6.04 Å². The van der Waals surface area contributed by atoms with Crippen molar-refractivity contribution in [3.8, 4) is 0 Å². The van der Waals surface area contributed by atoms with Gasteiger partial charge >= 0.3 is 0 Å². The van der Waals surface area contributed by atoms with E-state index in [2.05, 4.69) is 0 Å². The molecule has 1 unspecified atom stereocenters. The molecule has 0 heterocycles. The molecular weight excluding hydrogens is 184 g/mol. The third-order valence-corrected chi connectivity index (χ3v) is 2.31. The first kappa shape index (κ1) is 11.1. The van der Waals surface area contributed by atoms with E-state index in [1.54, 1.807) is 6.07 Å². The molecule has 1 rings (SSSR count). The highest BCUT2D eigenvalue weighted by Gasteiger charge is 2.10. The van der Waals surface area contributed by atoms with Crippen molar-refractivity contribution in [3.63, 3.8) is 0 Å². The summed E-state index contributed by atoms with van der Waals surface area (Å²) < 4.78 is 25.4. The fourth-order valence-electron chi connectivity index (χ4n) is 1.17. The van der Waals surface area contributed by atoms with Gasteiger partial charge in [-0.1, -0.05) is 19.9 Å². The molecule has 0 saturated heterocycles. The first-order valence-corrected chi connectivity index (χ1v) is 4.70. The lowest BCUT2D eigenvalue weighted by atomic mass is 9.97. The van der Waals surface area contributed by atoms with Gasteiger partial charge in [0.15, 0.2) is 11.6 Å². The lowest BCUT2D eigenvalue weighted by molar-refractivity contribution is 0.482. The standard InChI is InChI=1S/C11H15F2N/c1-7(2)11(14)6-8-3-4-9(12)10(13)5-8/h3-5,7,11H,6,14H2,1-2H3. The number of halogens is 2. The van der Waals surface area contributed by atoms with Gasteiger partial charge in [0.2, 0.25) is 0 Å². The van der Waals surface area contributed by atoms with Gasteiger partial charge in [-0.15, -0.1) is 0 Å². The summed E-state index contributed by atoms with van der Waals surface area (Å²) >= 11 is 0. The van der Waals surface area contributed by atoms with E-state index in [-0.39, 0.29) is 6.04 Å². The molecule has 3 heteroatoms. The van der Waals surface area contributed by atoms with Gasteiger partial charge < -0.3 is 5.73 Å². The lowest BCUT2D eigenvalue weighted by Crippen LogP contribution is -2.28. The predicted molar refractivity (Wildman–Crippen MR) is 52.9 cm³/mol. The number of hydrogen-bond acceptors (Lipinski definition) is 1. The van der Waals surface area contributed by atoms with E-state index >= 15 is 0 Å².